The van der Waals surface area contributed by atoms with Crippen LogP contribution in [0, 0.1) is 0 Å². The van der Waals surface area contributed by atoms with Gasteiger partial charge in [0.25, 0.3) is 5.91 Å². The number of halogens is 1. The van der Waals surface area contributed by atoms with Crippen molar-refractivity contribution in [2.45, 2.75) is 37.7 Å². The normalized spacial score (nSPS) is 16.1. The lowest BCUT2D eigenvalue weighted by Crippen LogP contribution is -2.66. The number of nitrogens with one attached hydrogen (secondary N) is 2. The number of aliphatic hydroxyl groups is 1. The van der Waals surface area contributed by atoms with Crippen LogP contribution in [0.4, 0.5) is 5.69 Å². The van der Waals surface area contributed by atoms with Crippen LogP contribution in [0.15, 0.2) is 36.5 Å². The van der Waals surface area contributed by atoms with Gasteiger partial charge in [0.1, 0.15) is 5.15 Å². The number of aromatic nitrogens is 1. The van der Waals surface area contributed by atoms with Gasteiger partial charge in [-0.2, -0.15) is 0 Å². The molecule has 1 aromatic carbocycles. The first-order chi connectivity index (χ1) is 16.2. The molecule has 0 aliphatic carbocycles. The van der Waals surface area contributed by atoms with E-state index < -0.39 is 11.5 Å². The van der Waals surface area contributed by atoms with Crippen LogP contribution in [0.2, 0.25) is 5.15 Å². The Morgan fingerprint density at radius 1 is 1.29 bits per heavy atom. The molecular formula is C25H33ClN4O4. The van der Waals surface area contributed by atoms with Crippen molar-refractivity contribution < 1.29 is 19.4 Å². The SMILES string of the molecule is CNC(=O)c1cc(Cl)ncc1NC(=O)C1(c2ccccc2C(C)C)CN(CC(O)CCOC)C1. The third-order valence-electron chi connectivity index (χ3n) is 6.23. The molecule has 2 aromatic rings. The molecule has 0 spiro atoms. The van der Waals surface area contributed by atoms with Crippen LogP contribution in [0.25, 0.3) is 0 Å². The van der Waals surface area contributed by atoms with E-state index in [1.54, 1.807) is 7.11 Å². The van der Waals surface area contributed by atoms with Gasteiger partial charge in [-0.15, -0.1) is 0 Å². The molecule has 1 fully saturated rings. The van der Waals surface area contributed by atoms with Crippen molar-refractivity contribution in [3.05, 3.63) is 58.4 Å². The molecule has 1 aromatic heterocycles. The van der Waals surface area contributed by atoms with E-state index in [9.17, 15) is 14.7 Å². The van der Waals surface area contributed by atoms with E-state index in [-0.39, 0.29) is 28.4 Å². The Balaban J connectivity index is 1.92. The Morgan fingerprint density at radius 2 is 2.00 bits per heavy atom. The molecule has 9 heteroatoms. The molecule has 34 heavy (non-hydrogen) atoms. The van der Waals surface area contributed by atoms with Gasteiger partial charge in [0.2, 0.25) is 5.91 Å². The molecule has 2 amide bonds. The van der Waals surface area contributed by atoms with Crippen LogP contribution in [0.5, 0.6) is 0 Å². The van der Waals surface area contributed by atoms with Crippen molar-refractivity contribution in [3.63, 3.8) is 0 Å². The number of likely N-dealkylation sites (tertiary alicyclic amines) is 1. The van der Waals surface area contributed by atoms with E-state index in [4.69, 9.17) is 16.3 Å². The first-order valence-electron chi connectivity index (χ1n) is 11.4. The predicted octanol–water partition coefficient (Wildman–Crippen LogP) is 2.81. The molecule has 1 aliphatic heterocycles. The molecule has 1 aliphatic rings. The molecule has 3 N–H and O–H groups in total. The number of hydrogen-bond acceptors (Lipinski definition) is 6. The summed E-state index contributed by atoms with van der Waals surface area (Å²) in [6.45, 7) is 6.02. The van der Waals surface area contributed by atoms with Gasteiger partial charge in [-0.3, -0.25) is 14.5 Å². The lowest BCUT2D eigenvalue weighted by Gasteiger charge is -2.50. The largest absolute Gasteiger partial charge is 0.392 e. The van der Waals surface area contributed by atoms with Crippen molar-refractivity contribution in [1.29, 1.82) is 0 Å². The van der Waals surface area contributed by atoms with Crippen molar-refractivity contribution in [2.24, 2.45) is 0 Å². The second-order valence-corrected chi connectivity index (χ2v) is 9.40. The molecular weight excluding hydrogens is 456 g/mol. The Kier molecular flexibility index (Phi) is 8.65. The average Bonchev–Trinajstić information content (AvgIpc) is 2.80. The summed E-state index contributed by atoms with van der Waals surface area (Å²) in [4.78, 5) is 32.3. The zero-order valence-electron chi connectivity index (χ0n) is 20.1. The summed E-state index contributed by atoms with van der Waals surface area (Å²) in [5.74, 6) is -0.369. The van der Waals surface area contributed by atoms with Gasteiger partial charge in [0.15, 0.2) is 0 Å². The topological polar surface area (TPSA) is 104 Å². The Labute approximate surface area is 205 Å². The number of aliphatic hydroxyl groups excluding tert-OH is 1. The van der Waals surface area contributed by atoms with Gasteiger partial charge in [-0.25, -0.2) is 4.98 Å². The maximum Gasteiger partial charge on any atom is 0.253 e. The molecule has 1 atom stereocenters. The number of carbonyl (C=O) groups excluding carboxylic acids is 2. The third-order valence-corrected chi connectivity index (χ3v) is 6.44. The summed E-state index contributed by atoms with van der Waals surface area (Å²) < 4.78 is 5.06. The minimum Gasteiger partial charge on any atom is -0.392 e. The highest BCUT2D eigenvalue weighted by molar-refractivity contribution is 6.30. The van der Waals surface area contributed by atoms with Gasteiger partial charge in [0.05, 0.1) is 29.0 Å². The van der Waals surface area contributed by atoms with Crippen molar-refractivity contribution in [3.8, 4) is 0 Å². The lowest BCUT2D eigenvalue weighted by molar-refractivity contribution is -0.129. The van der Waals surface area contributed by atoms with Gasteiger partial charge in [-0.05, 0) is 29.5 Å². The average molecular weight is 489 g/mol. The summed E-state index contributed by atoms with van der Waals surface area (Å²) >= 11 is 5.99. The van der Waals surface area contributed by atoms with E-state index in [1.807, 2.05) is 24.3 Å². The number of anilines is 1. The molecule has 0 bridgehead atoms. The summed E-state index contributed by atoms with van der Waals surface area (Å²) in [6, 6.07) is 9.39. The number of rotatable bonds is 10. The molecule has 2 heterocycles. The number of amides is 2. The highest BCUT2D eigenvalue weighted by Gasteiger charge is 2.52. The van der Waals surface area contributed by atoms with E-state index in [0.29, 0.717) is 38.3 Å². The fourth-order valence-corrected chi connectivity index (χ4v) is 4.61. The zero-order valence-corrected chi connectivity index (χ0v) is 20.9. The van der Waals surface area contributed by atoms with Crippen molar-refractivity contribution in [2.75, 3.05) is 45.7 Å². The standard InChI is InChI=1S/C25H33ClN4O4/c1-16(2)18-7-5-6-8-20(18)25(14-30(15-25)13-17(31)9-10-34-4)24(33)29-21-12-28-22(26)11-19(21)23(32)27-3/h5-8,11-12,16-17,31H,9-10,13-15H2,1-4H3,(H,27,32)(H,29,33). The second-order valence-electron chi connectivity index (χ2n) is 9.01. The van der Waals surface area contributed by atoms with Crippen LogP contribution < -0.4 is 10.6 Å². The first kappa shape index (κ1) is 26.1. The van der Waals surface area contributed by atoms with Gasteiger partial charge in [-0.1, -0.05) is 49.7 Å². The Morgan fingerprint density at radius 3 is 2.65 bits per heavy atom. The summed E-state index contributed by atoms with van der Waals surface area (Å²) in [7, 11) is 3.12. The van der Waals surface area contributed by atoms with Gasteiger partial charge in [0, 0.05) is 40.4 Å². The minimum absolute atomic E-state index is 0.163. The fraction of sp³-hybridized carbons (Fsp3) is 0.480. The highest BCUT2D eigenvalue weighted by atomic mass is 35.5. The predicted molar refractivity (Wildman–Crippen MR) is 132 cm³/mol. The molecule has 0 radical (unpaired) electrons. The molecule has 8 nitrogen and oxygen atoms in total. The Bertz CT molecular complexity index is 1020. The maximum atomic E-state index is 13.8. The second kappa shape index (κ2) is 11.3. The van der Waals surface area contributed by atoms with Gasteiger partial charge < -0.3 is 20.5 Å². The number of carbonyl (C=O) groups is 2. The maximum absolute atomic E-state index is 13.8. The zero-order chi connectivity index (χ0) is 24.9. The quantitative estimate of drug-likeness (QED) is 0.444. The number of nitrogens with zero attached hydrogens (tertiary/aromatic N) is 2. The summed E-state index contributed by atoms with van der Waals surface area (Å²) in [5.41, 5.74) is 1.76. The van der Waals surface area contributed by atoms with Crippen LogP contribution in [-0.2, 0) is 14.9 Å². The van der Waals surface area contributed by atoms with E-state index >= 15 is 0 Å². The Hall–Kier alpha value is -2.52. The van der Waals surface area contributed by atoms with E-state index in [1.165, 1.54) is 19.3 Å². The van der Waals surface area contributed by atoms with Crippen LogP contribution in [0.3, 0.4) is 0 Å². The third kappa shape index (κ3) is 5.58. The van der Waals surface area contributed by atoms with Crippen molar-refractivity contribution in [1.82, 2.24) is 15.2 Å². The number of methoxy groups -OCH3 is 1. The number of β-amino-alcohol motifs (C(OH)–C–C–N with tert-alkyl or cyclic N) is 1. The van der Waals surface area contributed by atoms with Crippen LogP contribution >= 0.6 is 11.6 Å². The molecule has 184 valence electrons. The highest BCUT2D eigenvalue weighted by Crippen LogP contribution is 2.40. The lowest BCUT2D eigenvalue weighted by atomic mass is 9.69. The van der Waals surface area contributed by atoms with Crippen LogP contribution in [0.1, 0.15) is 47.7 Å². The van der Waals surface area contributed by atoms with E-state index in [2.05, 4.69) is 34.4 Å². The fourth-order valence-electron chi connectivity index (χ4n) is 4.46. The minimum atomic E-state index is -0.832. The molecule has 0 saturated carbocycles. The number of benzene rings is 1. The van der Waals surface area contributed by atoms with Crippen LogP contribution in [-0.4, -0.2) is 73.3 Å². The first-order valence-corrected chi connectivity index (χ1v) is 11.8. The number of ether oxygens (including phenoxy) is 1. The number of hydrogen-bond donors (Lipinski definition) is 3. The van der Waals surface area contributed by atoms with Gasteiger partial charge >= 0.3 is 0 Å². The molecule has 1 saturated heterocycles. The summed E-state index contributed by atoms with van der Waals surface area (Å²) in [5, 5.41) is 16.0. The van der Waals surface area contributed by atoms with E-state index in [0.717, 1.165) is 11.1 Å². The molecule has 3 rings (SSSR count). The smallest absolute Gasteiger partial charge is 0.253 e. The van der Waals surface area contributed by atoms with Crippen molar-refractivity contribution >= 4 is 29.1 Å². The molecule has 1 unspecified atom stereocenters. The number of pyridine rings is 1. The summed E-state index contributed by atoms with van der Waals surface area (Å²) in [6.07, 6.45) is 1.39. The monoisotopic (exact) mass is 488 g/mol.